The number of aryl methyl sites for hydroxylation is 1. The van der Waals surface area contributed by atoms with Gasteiger partial charge in [-0.2, -0.15) is 5.10 Å². The number of nitrogens with one attached hydrogen (secondary N) is 1. The first-order valence-electron chi connectivity index (χ1n) is 10.7. The number of terminal acetylenes is 1. The molecular formula is C24H26FN7O. The van der Waals surface area contributed by atoms with Crippen LogP contribution in [0.5, 0.6) is 0 Å². The number of nitrogens with zero attached hydrogens (tertiary/aromatic N) is 5. The first kappa shape index (κ1) is 22.5. The summed E-state index contributed by atoms with van der Waals surface area (Å²) in [5.41, 5.74) is 8.55. The molecule has 0 amide bonds. The van der Waals surface area contributed by atoms with E-state index in [4.69, 9.17) is 12.2 Å². The molecule has 5 rings (SSSR count). The molecule has 4 heterocycles. The maximum absolute atomic E-state index is 14.0. The number of aromatic nitrogens is 5. The highest BCUT2D eigenvalue weighted by Gasteiger charge is 2.17. The number of benzene rings is 1. The molecule has 0 radical (unpaired) electrons. The molecule has 1 aromatic carbocycles. The average Bonchev–Trinajstić information content (AvgIpc) is 3.56. The van der Waals surface area contributed by atoms with Crippen molar-refractivity contribution in [3.05, 3.63) is 59.4 Å². The molecule has 0 saturated carbocycles. The summed E-state index contributed by atoms with van der Waals surface area (Å²) in [5.74, 6) is 2.89. The van der Waals surface area contributed by atoms with Gasteiger partial charge in [0.2, 0.25) is 0 Å². The van der Waals surface area contributed by atoms with Gasteiger partial charge < -0.3 is 16.2 Å². The Kier molecular flexibility index (Phi) is 6.40. The minimum absolute atomic E-state index is 0.0323. The van der Waals surface area contributed by atoms with Crippen LogP contribution in [0, 0.1) is 25.1 Å². The highest BCUT2D eigenvalue weighted by molar-refractivity contribution is 5.80. The third-order valence-electron chi connectivity index (χ3n) is 5.45. The number of hydrogen-bond acceptors (Lipinski definition) is 6. The Labute approximate surface area is 191 Å². The van der Waals surface area contributed by atoms with Gasteiger partial charge >= 0.3 is 0 Å². The molecule has 3 aromatic heterocycles. The zero-order chi connectivity index (χ0) is 23.5. The number of imidazole rings is 1. The van der Waals surface area contributed by atoms with E-state index in [0.29, 0.717) is 33.9 Å². The number of fused-ring (bicyclic) bond motifs is 1. The van der Waals surface area contributed by atoms with Crippen LogP contribution in [0.3, 0.4) is 0 Å². The Hall–Kier alpha value is -3.74. The van der Waals surface area contributed by atoms with E-state index in [1.54, 1.807) is 40.7 Å². The molecule has 33 heavy (non-hydrogen) atoms. The van der Waals surface area contributed by atoms with E-state index < -0.39 is 11.9 Å². The molecule has 4 aromatic rings. The summed E-state index contributed by atoms with van der Waals surface area (Å²) in [7, 11) is 0. The monoisotopic (exact) mass is 447 g/mol. The van der Waals surface area contributed by atoms with Gasteiger partial charge in [0.25, 0.3) is 0 Å². The number of nitrogens with two attached hydrogens (primary N) is 1. The number of anilines is 1. The van der Waals surface area contributed by atoms with Gasteiger partial charge in [-0.1, -0.05) is 0 Å². The van der Waals surface area contributed by atoms with Crippen LogP contribution in [0.15, 0.2) is 36.7 Å². The lowest BCUT2D eigenvalue weighted by Gasteiger charge is -2.14. The van der Waals surface area contributed by atoms with Gasteiger partial charge in [0.05, 0.1) is 22.8 Å². The van der Waals surface area contributed by atoms with Crippen LogP contribution in [0.4, 0.5) is 10.1 Å². The lowest BCUT2D eigenvalue weighted by molar-refractivity contribution is 0.198. The normalized spacial score (nSPS) is 14.0. The second-order valence-corrected chi connectivity index (χ2v) is 7.92. The minimum atomic E-state index is -0.772. The molecule has 1 unspecified atom stereocenters. The van der Waals surface area contributed by atoms with Crippen molar-refractivity contribution in [3.63, 3.8) is 0 Å². The number of hydrogen-bond donors (Lipinski definition) is 3. The van der Waals surface area contributed by atoms with Gasteiger partial charge in [-0.3, -0.25) is 4.57 Å². The van der Waals surface area contributed by atoms with Crippen LogP contribution >= 0.6 is 0 Å². The number of aliphatic hydroxyl groups excluding tert-OH is 1. The SMILES string of the molecule is C#Cc1cc(C)n(-c2nc(-n3cnc4cc(N)c(F)cc43)ccc2C(C)O)n1.C1CCNC1. The average molecular weight is 448 g/mol. The predicted molar refractivity (Wildman–Crippen MR) is 126 cm³/mol. The molecule has 1 fully saturated rings. The second-order valence-electron chi connectivity index (χ2n) is 7.92. The molecule has 8 nitrogen and oxygen atoms in total. The van der Waals surface area contributed by atoms with E-state index in [1.165, 1.54) is 38.1 Å². The van der Waals surface area contributed by atoms with E-state index in [1.807, 2.05) is 6.92 Å². The highest BCUT2D eigenvalue weighted by Crippen LogP contribution is 2.26. The third kappa shape index (κ3) is 4.58. The molecule has 0 bridgehead atoms. The van der Waals surface area contributed by atoms with E-state index in [-0.39, 0.29) is 5.69 Å². The summed E-state index contributed by atoms with van der Waals surface area (Å²) in [4.78, 5) is 8.93. The van der Waals surface area contributed by atoms with Crippen LogP contribution in [0.1, 0.15) is 42.8 Å². The fraction of sp³-hybridized carbons (Fsp3) is 0.292. The standard InChI is InChI=1S/C20H17FN6O.C4H9N/c1-4-13-7-11(2)27(25-13)20-14(12(3)28)5-6-19(24-20)26-10-23-17-9-16(22)15(21)8-18(17)26;1-2-4-5-3-1/h1,5-10,12,28H,22H2,2-3H3;5H,1-4H2. The molecule has 170 valence electrons. The number of rotatable bonds is 3. The van der Waals surface area contributed by atoms with Crippen LogP contribution < -0.4 is 11.1 Å². The van der Waals surface area contributed by atoms with E-state index in [2.05, 4.69) is 26.3 Å². The summed E-state index contributed by atoms with van der Waals surface area (Å²) in [6.45, 7) is 5.99. The van der Waals surface area contributed by atoms with Crippen molar-refractivity contribution in [2.75, 3.05) is 18.8 Å². The van der Waals surface area contributed by atoms with E-state index in [9.17, 15) is 9.50 Å². The molecule has 0 spiro atoms. The zero-order valence-corrected chi connectivity index (χ0v) is 18.6. The molecule has 1 aliphatic rings. The van der Waals surface area contributed by atoms with Crippen molar-refractivity contribution in [2.24, 2.45) is 0 Å². The first-order valence-corrected chi connectivity index (χ1v) is 10.7. The molecule has 9 heteroatoms. The summed E-state index contributed by atoms with van der Waals surface area (Å²) in [6.07, 6.45) is 9.00. The first-order chi connectivity index (χ1) is 15.9. The number of pyridine rings is 1. The van der Waals surface area contributed by atoms with Crippen LogP contribution in [-0.2, 0) is 0 Å². The van der Waals surface area contributed by atoms with Crippen LogP contribution in [0.2, 0.25) is 0 Å². The van der Waals surface area contributed by atoms with E-state index >= 15 is 0 Å². The van der Waals surface area contributed by atoms with Gasteiger partial charge in [0.15, 0.2) is 5.82 Å². The molecule has 4 N–H and O–H groups in total. The summed E-state index contributed by atoms with van der Waals surface area (Å²) in [5, 5.41) is 17.8. The van der Waals surface area contributed by atoms with Crippen molar-refractivity contribution in [2.45, 2.75) is 32.8 Å². The van der Waals surface area contributed by atoms with E-state index in [0.717, 1.165) is 5.69 Å². The second kappa shape index (κ2) is 9.40. The fourth-order valence-corrected chi connectivity index (χ4v) is 3.69. The Bertz CT molecular complexity index is 1320. The van der Waals surface area contributed by atoms with Crippen molar-refractivity contribution in [1.82, 2.24) is 29.6 Å². The summed E-state index contributed by atoms with van der Waals surface area (Å²) >= 11 is 0. The lowest BCUT2D eigenvalue weighted by atomic mass is 10.1. The van der Waals surface area contributed by atoms with Crippen LogP contribution in [-0.4, -0.2) is 42.5 Å². The lowest BCUT2D eigenvalue weighted by Crippen LogP contribution is -2.11. The number of halogens is 1. The molecule has 0 aliphatic carbocycles. The van der Waals surface area contributed by atoms with Crippen molar-refractivity contribution in [3.8, 4) is 24.0 Å². The Morgan fingerprint density at radius 1 is 1.24 bits per heavy atom. The molecule has 1 saturated heterocycles. The highest BCUT2D eigenvalue weighted by atomic mass is 19.1. The third-order valence-corrected chi connectivity index (χ3v) is 5.45. The predicted octanol–water partition coefficient (Wildman–Crippen LogP) is 3.04. The van der Waals surface area contributed by atoms with Gasteiger partial charge in [-0.15, -0.1) is 6.42 Å². The quantitative estimate of drug-likeness (QED) is 0.329. The Morgan fingerprint density at radius 3 is 2.61 bits per heavy atom. The minimum Gasteiger partial charge on any atom is -0.396 e. The molecule has 1 aliphatic heterocycles. The topological polar surface area (TPSA) is 107 Å². The fourth-order valence-electron chi connectivity index (χ4n) is 3.69. The largest absolute Gasteiger partial charge is 0.396 e. The smallest absolute Gasteiger partial charge is 0.161 e. The maximum atomic E-state index is 14.0. The van der Waals surface area contributed by atoms with Gasteiger partial charge in [0.1, 0.15) is 23.7 Å². The number of nitrogen functional groups attached to an aromatic ring is 1. The maximum Gasteiger partial charge on any atom is 0.161 e. The molecular weight excluding hydrogens is 421 g/mol. The number of aliphatic hydroxyl groups is 1. The van der Waals surface area contributed by atoms with Crippen molar-refractivity contribution >= 4 is 16.7 Å². The van der Waals surface area contributed by atoms with Gasteiger partial charge in [0, 0.05) is 17.3 Å². The van der Waals surface area contributed by atoms with Crippen molar-refractivity contribution in [1.29, 1.82) is 0 Å². The Morgan fingerprint density at radius 2 is 2.00 bits per heavy atom. The summed E-state index contributed by atoms with van der Waals surface area (Å²) < 4.78 is 17.2. The van der Waals surface area contributed by atoms with Crippen LogP contribution in [0.25, 0.3) is 22.7 Å². The summed E-state index contributed by atoms with van der Waals surface area (Å²) in [6, 6.07) is 8.02. The van der Waals surface area contributed by atoms with Crippen molar-refractivity contribution < 1.29 is 9.50 Å². The molecule has 1 atom stereocenters. The van der Waals surface area contributed by atoms with Gasteiger partial charge in [-0.05, 0) is 70.0 Å². The van der Waals surface area contributed by atoms with Gasteiger partial charge in [-0.25, -0.2) is 19.0 Å². The Balaban J connectivity index is 0.000000459. The zero-order valence-electron chi connectivity index (χ0n) is 18.6.